The molecule has 7 nitrogen and oxygen atoms in total. The number of guanidine groups is 1. The van der Waals surface area contributed by atoms with E-state index in [1.54, 1.807) is 7.11 Å². The standard InChI is InChI=1S/C25H40N4O3/c1-3-26-25(27-15-7-17-32-19-20-10-12-23(31-2)13-11-20)28-22-14-16-29(18-22)24(30)21-8-5-4-6-9-21/h10-13,21-22H,3-9,14-19H2,1-2H3,(H2,26,27,28). The molecule has 7 heteroatoms. The highest BCUT2D eigenvalue weighted by atomic mass is 16.5. The zero-order chi connectivity index (χ0) is 22.6. The third kappa shape index (κ3) is 7.69. The molecule has 3 rings (SSSR count). The first-order valence-corrected chi connectivity index (χ1v) is 12.2. The van der Waals surface area contributed by atoms with E-state index in [9.17, 15) is 4.79 Å². The predicted octanol–water partition coefficient (Wildman–Crippen LogP) is 3.34. The summed E-state index contributed by atoms with van der Waals surface area (Å²) in [6.07, 6.45) is 7.66. The molecular weight excluding hydrogens is 404 g/mol. The van der Waals surface area contributed by atoms with E-state index in [-0.39, 0.29) is 12.0 Å². The van der Waals surface area contributed by atoms with Crippen LogP contribution in [-0.2, 0) is 16.1 Å². The summed E-state index contributed by atoms with van der Waals surface area (Å²) >= 11 is 0. The number of carbonyl (C=O) groups excluding carboxylic acids is 1. The lowest BCUT2D eigenvalue weighted by molar-refractivity contribution is -0.135. The number of rotatable bonds is 10. The molecule has 1 amide bonds. The predicted molar refractivity (Wildman–Crippen MR) is 128 cm³/mol. The van der Waals surface area contributed by atoms with E-state index in [2.05, 4.69) is 22.5 Å². The van der Waals surface area contributed by atoms with Crippen molar-refractivity contribution in [3.8, 4) is 5.75 Å². The smallest absolute Gasteiger partial charge is 0.225 e. The second-order valence-electron chi connectivity index (χ2n) is 8.76. The highest BCUT2D eigenvalue weighted by molar-refractivity contribution is 5.81. The molecule has 2 aliphatic rings. The average molecular weight is 445 g/mol. The SMILES string of the molecule is CCNC(=NCCCOCc1ccc(OC)cc1)NC1CCN(C(=O)C2CCCCC2)C1. The van der Waals surface area contributed by atoms with Crippen molar-refractivity contribution in [2.75, 3.05) is 39.9 Å². The van der Waals surface area contributed by atoms with Crippen molar-refractivity contribution < 1.29 is 14.3 Å². The largest absolute Gasteiger partial charge is 0.497 e. The summed E-state index contributed by atoms with van der Waals surface area (Å²) in [6, 6.07) is 8.21. The molecule has 1 aromatic carbocycles. The Morgan fingerprint density at radius 2 is 1.94 bits per heavy atom. The molecular formula is C25H40N4O3. The number of carbonyl (C=O) groups is 1. The Hall–Kier alpha value is -2.28. The minimum Gasteiger partial charge on any atom is -0.497 e. The normalized spacial score (nSPS) is 19.8. The van der Waals surface area contributed by atoms with Gasteiger partial charge in [0.1, 0.15) is 5.75 Å². The van der Waals surface area contributed by atoms with Gasteiger partial charge in [-0.15, -0.1) is 0 Å². The molecule has 1 aromatic rings. The molecule has 1 saturated heterocycles. The third-order valence-corrected chi connectivity index (χ3v) is 6.28. The Bertz CT molecular complexity index is 716. The Labute approximate surface area is 192 Å². The molecule has 178 valence electrons. The second-order valence-corrected chi connectivity index (χ2v) is 8.76. The van der Waals surface area contributed by atoms with Crippen molar-refractivity contribution >= 4 is 11.9 Å². The zero-order valence-electron chi connectivity index (χ0n) is 19.8. The van der Waals surface area contributed by atoms with Gasteiger partial charge < -0.3 is 25.0 Å². The van der Waals surface area contributed by atoms with Crippen LogP contribution in [0.3, 0.4) is 0 Å². The first kappa shape index (κ1) is 24.4. The molecule has 0 radical (unpaired) electrons. The molecule has 2 fully saturated rings. The number of methoxy groups -OCH3 is 1. The van der Waals surface area contributed by atoms with E-state index in [0.717, 1.165) is 62.6 Å². The Morgan fingerprint density at radius 1 is 1.16 bits per heavy atom. The Kier molecular flexibility index (Phi) is 10.1. The summed E-state index contributed by atoms with van der Waals surface area (Å²) in [6.45, 7) is 6.49. The van der Waals surface area contributed by atoms with Crippen LogP contribution < -0.4 is 15.4 Å². The van der Waals surface area contributed by atoms with Crippen molar-refractivity contribution in [3.05, 3.63) is 29.8 Å². The molecule has 1 aliphatic carbocycles. The van der Waals surface area contributed by atoms with Crippen LogP contribution >= 0.6 is 0 Å². The Morgan fingerprint density at radius 3 is 2.66 bits per heavy atom. The summed E-state index contributed by atoms with van der Waals surface area (Å²) in [4.78, 5) is 19.6. The molecule has 1 aliphatic heterocycles. The van der Waals surface area contributed by atoms with Crippen molar-refractivity contribution in [2.45, 2.75) is 64.5 Å². The minimum absolute atomic E-state index is 0.252. The molecule has 0 aromatic heterocycles. The van der Waals surface area contributed by atoms with E-state index in [4.69, 9.17) is 14.5 Å². The maximum Gasteiger partial charge on any atom is 0.225 e. The third-order valence-electron chi connectivity index (χ3n) is 6.28. The number of ether oxygens (including phenoxy) is 2. The Balaban J connectivity index is 1.35. The number of aliphatic imine (C=N–C) groups is 1. The first-order chi connectivity index (χ1) is 15.7. The van der Waals surface area contributed by atoms with E-state index >= 15 is 0 Å². The van der Waals surface area contributed by atoms with Crippen LogP contribution in [0.2, 0.25) is 0 Å². The summed E-state index contributed by atoms with van der Waals surface area (Å²) in [5, 5.41) is 6.85. The van der Waals surface area contributed by atoms with Crippen LogP contribution in [0.5, 0.6) is 5.75 Å². The van der Waals surface area contributed by atoms with Gasteiger partial charge in [-0.25, -0.2) is 0 Å². The van der Waals surface area contributed by atoms with E-state index in [1.807, 2.05) is 24.3 Å². The lowest BCUT2D eigenvalue weighted by atomic mass is 9.88. The maximum atomic E-state index is 12.8. The van der Waals surface area contributed by atoms with Gasteiger partial charge in [-0.1, -0.05) is 31.4 Å². The van der Waals surface area contributed by atoms with Crippen LogP contribution in [0.4, 0.5) is 0 Å². The molecule has 1 atom stereocenters. The molecule has 1 saturated carbocycles. The van der Waals surface area contributed by atoms with E-state index in [0.29, 0.717) is 25.7 Å². The van der Waals surface area contributed by atoms with Crippen LogP contribution in [0.1, 0.15) is 57.4 Å². The van der Waals surface area contributed by atoms with Gasteiger partial charge in [0, 0.05) is 44.7 Å². The van der Waals surface area contributed by atoms with Gasteiger partial charge in [0.05, 0.1) is 13.7 Å². The zero-order valence-corrected chi connectivity index (χ0v) is 19.8. The number of nitrogens with one attached hydrogen (secondary N) is 2. The molecule has 0 spiro atoms. The number of likely N-dealkylation sites (tertiary alicyclic amines) is 1. The number of benzene rings is 1. The average Bonchev–Trinajstić information content (AvgIpc) is 3.30. The summed E-state index contributed by atoms with van der Waals surface area (Å²) in [7, 11) is 1.67. The second kappa shape index (κ2) is 13.3. The number of amides is 1. The molecule has 1 unspecified atom stereocenters. The van der Waals surface area contributed by atoms with E-state index < -0.39 is 0 Å². The van der Waals surface area contributed by atoms with Crippen molar-refractivity contribution in [3.63, 3.8) is 0 Å². The lowest BCUT2D eigenvalue weighted by Gasteiger charge is -2.26. The van der Waals surface area contributed by atoms with Gasteiger partial charge in [-0.05, 0) is 50.3 Å². The van der Waals surface area contributed by atoms with Crippen LogP contribution in [-0.4, -0.2) is 62.7 Å². The number of hydrogen-bond donors (Lipinski definition) is 2. The van der Waals surface area contributed by atoms with Gasteiger partial charge >= 0.3 is 0 Å². The maximum absolute atomic E-state index is 12.8. The minimum atomic E-state index is 0.252. The van der Waals surface area contributed by atoms with Crippen LogP contribution in [0.25, 0.3) is 0 Å². The monoisotopic (exact) mass is 444 g/mol. The first-order valence-electron chi connectivity index (χ1n) is 12.2. The van der Waals surface area contributed by atoms with Gasteiger partial charge in [0.2, 0.25) is 5.91 Å². The molecule has 32 heavy (non-hydrogen) atoms. The van der Waals surface area contributed by atoms with Crippen LogP contribution in [0.15, 0.2) is 29.3 Å². The summed E-state index contributed by atoms with van der Waals surface area (Å²) in [5.41, 5.74) is 1.14. The highest BCUT2D eigenvalue weighted by Gasteiger charge is 2.31. The summed E-state index contributed by atoms with van der Waals surface area (Å²) in [5.74, 6) is 2.31. The van der Waals surface area contributed by atoms with Gasteiger partial charge in [-0.2, -0.15) is 0 Å². The fourth-order valence-corrected chi connectivity index (χ4v) is 4.47. The van der Waals surface area contributed by atoms with Crippen molar-refractivity contribution in [1.82, 2.24) is 15.5 Å². The fraction of sp³-hybridized carbons (Fsp3) is 0.680. The van der Waals surface area contributed by atoms with Crippen molar-refractivity contribution in [2.24, 2.45) is 10.9 Å². The number of hydrogen-bond acceptors (Lipinski definition) is 4. The lowest BCUT2D eigenvalue weighted by Crippen LogP contribution is -2.45. The van der Waals surface area contributed by atoms with Gasteiger partial charge in [-0.3, -0.25) is 9.79 Å². The molecule has 1 heterocycles. The molecule has 0 bridgehead atoms. The van der Waals surface area contributed by atoms with Crippen molar-refractivity contribution in [1.29, 1.82) is 0 Å². The van der Waals surface area contributed by atoms with Gasteiger partial charge in [0.25, 0.3) is 0 Å². The molecule has 2 N–H and O–H groups in total. The fourth-order valence-electron chi connectivity index (χ4n) is 4.47. The number of nitrogens with zero attached hydrogens (tertiary/aromatic N) is 2. The quantitative estimate of drug-likeness (QED) is 0.329. The van der Waals surface area contributed by atoms with Crippen LogP contribution in [0, 0.1) is 5.92 Å². The highest BCUT2D eigenvalue weighted by Crippen LogP contribution is 2.26. The van der Waals surface area contributed by atoms with Gasteiger partial charge in [0.15, 0.2) is 5.96 Å². The van der Waals surface area contributed by atoms with E-state index in [1.165, 1.54) is 19.3 Å². The topological polar surface area (TPSA) is 75.2 Å². The summed E-state index contributed by atoms with van der Waals surface area (Å²) < 4.78 is 10.9.